The zero-order valence-electron chi connectivity index (χ0n) is 17.5. The highest BCUT2D eigenvalue weighted by molar-refractivity contribution is 5.89. The molecule has 154 valence electrons. The lowest BCUT2D eigenvalue weighted by molar-refractivity contribution is -0.132. The van der Waals surface area contributed by atoms with Gasteiger partial charge in [-0.05, 0) is 73.8 Å². The fourth-order valence-electron chi connectivity index (χ4n) is 7.20. The highest BCUT2D eigenvalue weighted by Gasteiger charge is 2.58. The predicted molar refractivity (Wildman–Crippen MR) is 110 cm³/mol. The standard InChI is InChI=1S/C25H31NO3/c1-24-11-9-18(29-23(28)16-4-3-13-26-15-16)14-17(24)5-6-19-20-7-8-22(27)25(20,2)12-10-21(19)24/h3-5,13,15,18-21H,6-12,14H2,1-2H3/t18-,19+,20+,21+,24+,25+/m1/s1. The van der Waals surface area contributed by atoms with Crippen molar-refractivity contribution in [3.05, 3.63) is 41.7 Å². The van der Waals surface area contributed by atoms with Crippen LogP contribution in [0.3, 0.4) is 0 Å². The molecule has 4 heteroatoms. The first kappa shape index (κ1) is 19.0. The smallest absolute Gasteiger partial charge is 0.339 e. The van der Waals surface area contributed by atoms with Crippen molar-refractivity contribution >= 4 is 11.8 Å². The maximum Gasteiger partial charge on any atom is 0.339 e. The Morgan fingerprint density at radius 3 is 2.72 bits per heavy atom. The summed E-state index contributed by atoms with van der Waals surface area (Å²) in [4.78, 5) is 29.0. The van der Waals surface area contributed by atoms with Crippen molar-refractivity contribution in [3.8, 4) is 0 Å². The Kier molecular flexibility index (Phi) is 4.45. The largest absolute Gasteiger partial charge is 0.458 e. The average molecular weight is 394 g/mol. The number of pyridine rings is 1. The van der Waals surface area contributed by atoms with E-state index in [-0.39, 0.29) is 22.9 Å². The van der Waals surface area contributed by atoms with Crippen LogP contribution in [0.15, 0.2) is 36.2 Å². The van der Waals surface area contributed by atoms with Crippen molar-refractivity contribution in [2.45, 2.75) is 71.3 Å². The van der Waals surface area contributed by atoms with E-state index in [0.29, 0.717) is 29.1 Å². The molecule has 3 saturated carbocycles. The molecule has 3 fully saturated rings. The first-order chi connectivity index (χ1) is 13.9. The molecule has 0 saturated heterocycles. The van der Waals surface area contributed by atoms with Crippen LogP contribution < -0.4 is 0 Å². The van der Waals surface area contributed by atoms with Crippen molar-refractivity contribution < 1.29 is 14.3 Å². The van der Waals surface area contributed by atoms with Crippen LogP contribution in [0.25, 0.3) is 0 Å². The molecule has 1 aromatic rings. The van der Waals surface area contributed by atoms with Crippen LogP contribution >= 0.6 is 0 Å². The first-order valence-electron chi connectivity index (χ1n) is 11.3. The number of fused-ring (bicyclic) bond motifs is 5. The second kappa shape index (κ2) is 6.78. The molecule has 0 N–H and O–H groups in total. The van der Waals surface area contributed by atoms with Gasteiger partial charge in [0, 0.05) is 30.7 Å². The van der Waals surface area contributed by atoms with Crippen LogP contribution in [0.1, 0.15) is 75.6 Å². The van der Waals surface area contributed by atoms with Crippen LogP contribution in [0.2, 0.25) is 0 Å². The maximum atomic E-state index is 12.6. The van der Waals surface area contributed by atoms with E-state index >= 15 is 0 Å². The highest BCUT2D eigenvalue weighted by atomic mass is 16.5. The third kappa shape index (κ3) is 2.90. The van der Waals surface area contributed by atoms with E-state index in [1.807, 2.05) is 0 Å². The Morgan fingerprint density at radius 1 is 1.14 bits per heavy atom. The molecule has 1 aromatic heterocycles. The SMILES string of the molecule is C[C@]12CC[C@@H](OC(=O)c3cccnc3)CC1=CC[C@@H]1[C@@H]2CC[C@]2(C)C(=O)CC[C@@H]12. The van der Waals surface area contributed by atoms with Gasteiger partial charge in [-0.15, -0.1) is 0 Å². The van der Waals surface area contributed by atoms with Crippen LogP contribution in [0.5, 0.6) is 0 Å². The van der Waals surface area contributed by atoms with Gasteiger partial charge in [-0.1, -0.05) is 25.5 Å². The summed E-state index contributed by atoms with van der Waals surface area (Å²) in [5.74, 6) is 2.11. The molecule has 0 amide bonds. The van der Waals surface area contributed by atoms with Crippen LogP contribution in [-0.2, 0) is 9.53 Å². The van der Waals surface area contributed by atoms with E-state index in [2.05, 4.69) is 24.9 Å². The molecule has 5 rings (SSSR count). The Morgan fingerprint density at radius 2 is 1.93 bits per heavy atom. The molecule has 0 unspecified atom stereocenters. The van der Waals surface area contributed by atoms with E-state index in [1.54, 1.807) is 24.5 Å². The van der Waals surface area contributed by atoms with Crippen LogP contribution in [0, 0.1) is 28.6 Å². The number of carbonyl (C=O) groups excluding carboxylic acids is 2. The van der Waals surface area contributed by atoms with Gasteiger partial charge in [0.05, 0.1) is 5.56 Å². The summed E-state index contributed by atoms with van der Waals surface area (Å²) in [7, 11) is 0. The van der Waals surface area contributed by atoms with Gasteiger partial charge >= 0.3 is 5.97 Å². The fourth-order valence-corrected chi connectivity index (χ4v) is 7.20. The number of esters is 1. The van der Waals surface area contributed by atoms with Gasteiger partial charge in [0.15, 0.2) is 0 Å². The topological polar surface area (TPSA) is 56.3 Å². The van der Waals surface area contributed by atoms with Crippen molar-refractivity contribution in [1.29, 1.82) is 0 Å². The quantitative estimate of drug-likeness (QED) is 0.516. The zero-order valence-corrected chi connectivity index (χ0v) is 17.5. The van der Waals surface area contributed by atoms with Gasteiger partial charge in [0.1, 0.15) is 11.9 Å². The number of hydrogen-bond acceptors (Lipinski definition) is 4. The first-order valence-corrected chi connectivity index (χ1v) is 11.3. The summed E-state index contributed by atoms with van der Waals surface area (Å²) in [6.45, 7) is 4.67. The number of carbonyl (C=O) groups is 2. The Balaban J connectivity index is 1.33. The molecule has 0 spiro atoms. The summed E-state index contributed by atoms with van der Waals surface area (Å²) in [6.07, 6.45) is 13.7. The van der Waals surface area contributed by atoms with Gasteiger partial charge < -0.3 is 4.74 Å². The molecule has 0 radical (unpaired) electrons. The highest BCUT2D eigenvalue weighted by Crippen LogP contribution is 2.64. The second-order valence-electron chi connectivity index (χ2n) is 10.2. The van der Waals surface area contributed by atoms with Crippen LogP contribution in [-0.4, -0.2) is 22.8 Å². The van der Waals surface area contributed by atoms with Crippen LogP contribution in [0.4, 0.5) is 0 Å². The molecular weight excluding hydrogens is 362 g/mol. The van der Waals surface area contributed by atoms with E-state index in [9.17, 15) is 9.59 Å². The summed E-state index contributed by atoms with van der Waals surface area (Å²) >= 11 is 0. The summed E-state index contributed by atoms with van der Waals surface area (Å²) in [6, 6.07) is 3.53. The van der Waals surface area contributed by atoms with Gasteiger partial charge in [-0.25, -0.2) is 4.79 Å². The number of aromatic nitrogens is 1. The molecule has 4 aliphatic rings. The van der Waals surface area contributed by atoms with E-state index in [4.69, 9.17) is 4.74 Å². The third-order valence-corrected chi connectivity index (χ3v) is 8.94. The zero-order chi connectivity index (χ0) is 20.2. The Bertz CT molecular complexity index is 862. The maximum absolute atomic E-state index is 12.6. The van der Waals surface area contributed by atoms with Crippen molar-refractivity contribution in [3.63, 3.8) is 0 Å². The lowest BCUT2D eigenvalue weighted by Crippen LogP contribution is -2.50. The number of allylic oxidation sites excluding steroid dienone is 1. The lowest BCUT2D eigenvalue weighted by atomic mass is 9.48. The number of ether oxygens (including phenoxy) is 1. The molecule has 0 aromatic carbocycles. The molecule has 29 heavy (non-hydrogen) atoms. The third-order valence-electron chi connectivity index (χ3n) is 8.94. The second-order valence-corrected chi connectivity index (χ2v) is 10.2. The van der Waals surface area contributed by atoms with E-state index in [1.165, 1.54) is 5.57 Å². The molecule has 4 nitrogen and oxygen atoms in total. The molecule has 0 aliphatic heterocycles. The number of Topliss-reactive ketones (excluding diaryl/α,β-unsaturated/α-hetero) is 1. The summed E-state index contributed by atoms with van der Waals surface area (Å²) < 4.78 is 5.84. The van der Waals surface area contributed by atoms with Gasteiger partial charge in [-0.3, -0.25) is 9.78 Å². The van der Waals surface area contributed by atoms with Gasteiger partial charge in [0.2, 0.25) is 0 Å². The molecule has 6 atom stereocenters. The number of hydrogen-bond donors (Lipinski definition) is 0. The predicted octanol–water partition coefficient (Wildman–Crippen LogP) is 5.14. The monoisotopic (exact) mass is 393 g/mol. The van der Waals surface area contributed by atoms with Gasteiger partial charge in [-0.2, -0.15) is 0 Å². The summed E-state index contributed by atoms with van der Waals surface area (Å²) in [5, 5.41) is 0. The number of nitrogens with zero attached hydrogens (tertiary/aromatic N) is 1. The van der Waals surface area contributed by atoms with E-state index < -0.39 is 0 Å². The molecule has 4 aliphatic carbocycles. The average Bonchev–Trinajstić information content (AvgIpc) is 3.03. The van der Waals surface area contributed by atoms with Crippen molar-refractivity contribution in [2.24, 2.45) is 28.6 Å². The van der Waals surface area contributed by atoms with Gasteiger partial charge in [0.25, 0.3) is 0 Å². The molecule has 0 bridgehead atoms. The fraction of sp³-hybridized carbons (Fsp3) is 0.640. The molecular formula is C25H31NO3. The normalized spacial score (nSPS) is 41.0. The Labute approximate surface area is 173 Å². The minimum Gasteiger partial charge on any atom is -0.458 e. The van der Waals surface area contributed by atoms with E-state index in [0.717, 1.165) is 51.4 Å². The Hall–Kier alpha value is -1.97. The molecule has 1 heterocycles. The summed E-state index contributed by atoms with van der Waals surface area (Å²) in [5.41, 5.74) is 2.14. The minimum absolute atomic E-state index is 0.0412. The number of rotatable bonds is 2. The van der Waals surface area contributed by atoms with Crippen molar-refractivity contribution in [2.75, 3.05) is 0 Å². The lowest BCUT2D eigenvalue weighted by Gasteiger charge is -2.56. The van der Waals surface area contributed by atoms with Crippen molar-refractivity contribution in [1.82, 2.24) is 4.98 Å². The minimum atomic E-state index is -0.265. The number of ketones is 1.